The summed E-state index contributed by atoms with van der Waals surface area (Å²) in [6, 6.07) is 7.97. The number of amides is 2. The second-order valence-corrected chi connectivity index (χ2v) is 7.06. The number of aromatic nitrogens is 1. The number of rotatable bonds is 5. The minimum atomic E-state index is -0.147. The van der Waals surface area contributed by atoms with Crippen molar-refractivity contribution in [2.24, 2.45) is 0 Å². The van der Waals surface area contributed by atoms with Gasteiger partial charge in [-0.05, 0) is 37.8 Å². The van der Waals surface area contributed by atoms with Crippen LogP contribution in [0.1, 0.15) is 47.3 Å². The summed E-state index contributed by atoms with van der Waals surface area (Å²) < 4.78 is 0. The van der Waals surface area contributed by atoms with Crippen LogP contribution >= 0.6 is 11.3 Å². The third kappa shape index (κ3) is 3.44. The molecule has 2 atom stereocenters. The molecule has 0 bridgehead atoms. The van der Waals surface area contributed by atoms with E-state index in [1.54, 1.807) is 16.2 Å². The summed E-state index contributed by atoms with van der Waals surface area (Å²) >= 11 is 1.55. The summed E-state index contributed by atoms with van der Waals surface area (Å²) in [5.74, 6) is 0. The molecule has 3 rings (SSSR count). The first-order valence-electron chi connectivity index (χ1n) is 8.28. The lowest BCUT2D eigenvalue weighted by Gasteiger charge is -2.30. The van der Waals surface area contributed by atoms with Crippen LogP contribution in [0.25, 0.3) is 0 Å². The quantitative estimate of drug-likeness (QED) is 0.874. The van der Waals surface area contributed by atoms with Crippen molar-refractivity contribution >= 4 is 17.4 Å². The molecule has 0 spiro atoms. The Balaban J connectivity index is 1.75. The normalized spacial score (nSPS) is 17.4. The van der Waals surface area contributed by atoms with Gasteiger partial charge in [-0.15, -0.1) is 11.3 Å². The molecule has 1 heterocycles. The smallest absolute Gasteiger partial charge is 0.318 e. The Morgan fingerprint density at radius 1 is 1.50 bits per heavy atom. The molecule has 2 N–H and O–H groups in total. The van der Waals surface area contributed by atoms with Crippen molar-refractivity contribution in [2.45, 2.75) is 38.8 Å². The fraction of sp³-hybridized carbons (Fsp3) is 0.444. The van der Waals surface area contributed by atoms with Gasteiger partial charge in [0.05, 0.1) is 18.7 Å². The molecule has 24 heavy (non-hydrogen) atoms. The Morgan fingerprint density at radius 3 is 3.00 bits per heavy atom. The molecular formula is C18H23N3O2S. The predicted molar refractivity (Wildman–Crippen MR) is 95.1 cm³/mol. The van der Waals surface area contributed by atoms with Crippen molar-refractivity contribution in [1.29, 1.82) is 0 Å². The number of aliphatic hydroxyl groups excluding tert-OH is 1. The van der Waals surface area contributed by atoms with E-state index in [4.69, 9.17) is 0 Å². The standard InChI is InChI=1S/C18H23N3O2S/c1-12-11-24-17(19-12)13(2)20-18(23)21(9-10-22)16-8-7-14-5-3-4-6-15(14)16/h3-6,11,13,16,22H,7-10H2,1-2H3,(H,20,23). The first kappa shape index (κ1) is 16.9. The van der Waals surface area contributed by atoms with Crippen molar-refractivity contribution in [3.8, 4) is 0 Å². The summed E-state index contributed by atoms with van der Waals surface area (Å²) in [6.45, 7) is 4.17. The number of hydrogen-bond acceptors (Lipinski definition) is 4. The van der Waals surface area contributed by atoms with E-state index in [-0.39, 0.29) is 24.7 Å². The summed E-state index contributed by atoms with van der Waals surface area (Å²) in [5, 5.41) is 15.3. The maximum Gasteiger partial charge on any atom is 0.318 e. The number of aryl methyl sites for hydroxylation is 2. The van der Waals surface area contributed by atoms with E-state index >= 15 is 0 Å². The molecule has 1 aromatic carbocycles. The fourth-order valence-corrected chi connectivity index (χ4v) is 4.07. The van der Waals surface area contributed by atoms with E-state index in [9.17, 15) is 9.90 Å². The Bertz CT molecular complexity index is 716. The largest absolute Gasteiger partial charge is 0.395 e. The monoisotopic (exact) mass is 345 g/mol. The second kappa shape index (κ2) is 7.32. The van der Waals surface area contributed by atoms with Crippen LogP contribution in [0, 0.1) is 6.92 Å². The van der Waals surface area contributed by atoms with Gasteiger partial charge in [0.25, 0.3) is 0 Å². The maximum atomic E-state index is 12.8. The van der Waals surface area contributed by atoms with Crippen LogP contribution < -0.4 is 5.32 Å². The zero-order valence-electron chi connectivity index (χ0n) is 14.0. The molecule has 5 nitrogen and oxygen atoms in total. The molecule has 1 aliphatic rings. The fourth-order valence-electron chi connectivity index (χ4n) is 3.27. The van der Waals surface area contributed by atoms with Gasteiger partial charge < -0.3 is 15.3 Å². The van der Waals surface area contributed by atoms with Gasteiger partial charge in [0.2, 0.25) is 0 Å². The summed E-state index contributed by atoms with van der Waals surface area (Å²) in [4.78, 5) is 19.0. The number of benzene rings is 1. The summed E-state index contributed by atoms with van der Waals surface area (Å²) in [6.07, 6.45) is 1.87. The van der Waals surface area contributed by atoms with Gasteiger partial charge in [-0.1, -0.05) is 24.3 Å². The average Bonchev–Trinajstić information content (AvgIpc) is 3.19. The lowest BCUT2D eigenvalue weighted by atomic mass is 10.1. The van der Waals surface area contributed by atoms with Crippen LogP contribution in [0.4, 0.5) is 4.79 Å². The average molecular weight is 345 g/mol. The van der Waals surface area contributed by atoms with Gasteiger partial charge in [-0.2, -0.15) is 0 Å². The Labute approximate surface area is 146 Å². The first-order chi connectivity index (χ1) is 11.6. The summed E-state index contributed by atoms with van der Waals surface area (Å²) in [5.41, 5.74) is 3.45. The van der Waals surface area contributed by atoms with Gasteiger partial charge in [0.1, 0.15) is 5.01 Å². The molecule has 1 aliphatic carbocycles. The van der Waals surface area contributed by atoms with Crippen molar-refractivity contribution in [3.63, 3.8) is 0 Å². The second-order valence-electron chi connectivity index (χ2n) is 6.17. The van der Waals surface area contributed by atoms with Gasteiger partial charge in [-0.3, -0.25) is 0 Å². The van der Waals surface area contributed by atoms with Crippen LogP contribution in [-0.4, -0.2) is 34.2 Å². The molecule has 6 heteroatoms. The number of nitrogens with one attached hydrogen (secondary N) is 1. The molecule has 2 unspecified atom stereocenters. The van der Waals surface area contributed by atoms with E-state index in [0.29, 0.717) is 6.54 Å². The minimum absolute atomic E-state index is 0.0265. The van der Waals surface area contributed by atoms with Crippen molar-refractivity contribution in [2.75, 3.05) is 13.2 Å². The van der Waals surface area contributed by atoms with E-state index in [2.05, 4.69) is 22.4 Å². The van der Waals surface area contributed by atoms with Crippen molar-refractivity contribution < 1.29 is 9.90 Å². The molecule has 0 fully saturated rings. The molecule has 0 aliphatic heterocycles. The SMILES string of the molecule is Cc1csc(C(C)NC(=O)N(CCO)C2CCc3ccccc32)n1. The first-order valence-corrected chi connectivity index (χ1v) is 9.16. The van der Waals surface area contributed by atoms with E-state index in [0.717, 1.165) is 23.5 Å². The minimum Gasteiger partial charge on any atom is -0.395 e. The third-order valence-corrected chi connectivity index (χ3v) is 5.57. The number of nitrogens with zero attached hydrogens (tertiary/aromatic N) is 2. The topological polar surface area (TPSA) is 65.5 Å². The molecule has 0 saturated carbocycles. The van der Waals surface area contributed by atoms with E-state index in [1.165, 1.54) is 11.1 Å². The molecule has 2 amide bonds. The van der Waals surface area contributed by atoms with E-state index in [1.807, 2.05) is 31.4 Å². The summed E-state index contributed by atoms with van der Waals surface area (Å²) in [7, 11) is 0. The molecule has 0 saturated heterocycles. The highest BCUT2D eigenvalue weighted by Gasteiger charge is 2.31. The number of thiazole rings is 1. The lowest BCUT2D eigenvalue weighted by molar-refractivity contribution is 0.149. The predicted octanol–water partition coefficient (Wildman–Crippen LogP) is 3.20. The van der Waals surface area contributed by atoms with Crippen LogP contribution in [0.2, 0.25) is 0 Å². The number of urea groups is 1. The highest BCUT2D eigenvalue weighted by atomic mass is 32.1. The van der Waals surface area contributed by atoms with Crippen molar-refractivity contribution in [3.05, 3.63) is 51.5 Å². The van der Waals surface area contributed by atoms with Gasteiger partial charge in [-0.25, -0.2) is 9.78 Å². The van der Waals surface area contributed by atoms with E-state index < -0.39 is 0 Å². The number of carbonyl (C=O) groups excluding carboxylic acids is 1. The Morgan fingerprint density at radius 2 is 2.29 bits per heavy atom. The molecular weight excluding hydrogens is 322 g/mol. The van der Waals surface area contributed by atoms with Crippen LogP contribution in [0.5, 0.6) is 0 Å². The Hall–Kier alpha value is -1.92. The van der Waals surface area contributed by atoms with Crippen LogP contribution in [-0.2, 0) is 6.42 Å². The Kier molecular flexibility index (Phi) is 5.16. The molecule has 0 radical (unpaired) electrons. The van der Waals surface area contributed by atoms with Gasteiger partial charge in [0.15, 0.2) is 0 Å². The maximum absolute atomic E-state index is 12.8. The van der Waals surface area contributed by atoms with Crippen LogP contribution in [0.3, 0.4) is 0 Å². The molecule has 2 aromatic rings. The van der Waals surface area contributed by atoms with Gasteiger partial charge in [0, 0.05) is 17.6 Å². The van der Waals surface area contributed by atoms with Gasteiger partial charge >= 0.3 is 6.03 Å². The lowest BCUT2D eigenvalue weighted by Crippen LogP contribution is -2.44. The molecule has 128 valence electrons. The highest BCUT2D eigenvalue weighted by molar-refractivity contribution is 7.09. The molecule has 1 aromatic heterocycles. The number of aliphatic hydroxyl groups is 1. The third-order valence-electron chi connectivity index (χ3n) is 4.43. The highest BCUT2D eigenvalue weighted by Crippen LogP contribution is 2.35. The van der Waals surface area contributed by atoms with Crippen molar-refractivity contribution in [1.82, 2.24) is 15.2 Å². The number of carbonyl (C=O) groups is 1. The zero-order chi connectivity index (χ0) is 17.1. The zero-order valence-corrected chi connectivity index (χ0v) is 14.8. The van der Waals surface area contributed by atoms with Crippen LogP contribution in [0.15, 0.2) is 29.6 Å². The number of hydrogen-bond donors (Lipinski definition) is 2. The number of fused-ring (bicyclic) bond motifs is 1.